The van der Waals surface area contributed by atoms with Crippen LogP contribution in [0.15, 0.2) is 0 Å². The molecule has 1 saturated carbocycles. The van der Waals surface area contributed by atoms with Crippen LogP contribution in [0.2, 0.25) is 0 Å². The topological polar surface area (TPSA) is 38.3 Å². The highest BCUT2D eigenvalue weighted by atomic mass is 16.5. The summed E-state index contributed by atoms with van der Waals surface area (Å²) in [6, 6.07) is 0. The number of carbonyl (C=O) groups excluding carboxylic acids is 1. The Morgan fingerprint density at radius 1 is 1.62 bits per heavy atom. The van der Waals surface area contributed by atoms with E-state index in [9.17, 15) is 4.79 Å². The lowest BCUT2D eigenvalue weighted by atomic mass is 9.67. The lowest BCUT2D eigenvalue weighted by Crippen LogP contribution is -2.55. The Balaban J connectivity index is 2.44. The Hall–Kier alpha value is -0.570. The van der Waals surface area contributed by atoms with Gasteiger partial charge in [0.15, 0.2) is 0 Å². The van der Waals surface area contributed by atoms with Gasteiger partial charge in [0.1, 0.15) is 0 Å². The summed E-state index contributed by atoms with van der Waals surface area (Å²) in [5, 5.41) is 3.39. The molecule has 0 aliphatic heterocycles. The smallest absolute Gasteiger partial charge is 0.307 e. The second-order valence-corrected chi connectivity index (χ2v) is 4.08. The molecule has 13 heavy (non-hydrogen) atoms. The van der Waals surface area contributed by atoms with Gasteiger partial charge in [-0.1, -0.05) is 13.8 Å². The molecule has 0 spiro atoms. The molecule has 1 rings (SSSR count). The van der Waals surface area contributed by atoms with Crippen molar-refractivity contribution in [3.05, 3.63) is 0 Å². The van der Waals surface area contributed by atoms with Crippen LogP contribution in [0, 0.1) is 5.92 Å². The van der Waals surface area contributed by atoms with Gasteiger partial charge in [-0.05, 0) is 25.3 Å². The van der Waals surface area contributed by atoms with Crippen molar-refractivity contribution >= 4 is 5.97 Å². The molecule has 3 nitrogen and oxygen atoms in total. The molecular weight excluding hydrogens is 166 g/mol. The first-order valence-corrected chi connectivity index (χ1v) is 4.94. The molecule has 0 aromatic rings. The molecule has 0 aromatic carbocycles. The van der Waals surface area contributed by atoms with E-state index < -0.39 is 0 Å². The Labute approximate surface area is 79.8 Å². The van der Waals surface area contributed by atoms with E-state index in [1.165, 1.54) is 7.11 Å². The first-order valence-electron chi connectivity index (χ1n) is 4.94. The summed E-state index contributed by atoms with van der Waals surface area (Å²) in [6.07, 6.45) is 2.70. The highest BCUT2D eigenvalue weighted by Gasteiger charge is 2.42. The standard InChI is InChI=1S/C10H19NO2/c1-4-11-10(5-8(2)6-10)7-9(12)13-3/h8,11H,4-7H2,1-3H3. The maximum absolute atomic E-state index is 11.1. The monoisotopic (exact) mass is 185 g/mol. The Kier molecular flexibility index (Phi) is 3.31. The van der Waals surface area contributed by atoms with E-state index in [1.807, 2.05) is 0 Å². The molecule has 0 amide bonds. The highest BCUT2D eigenvalue weighted by Crippen LogP contribution is 2.40. The summed E-state index contributed by atoms with van der Waals surface area (Å²) in [5.74, 6) is 0.636. The number of carbonyl (C=O) groups is 1. The van der Waals surface area contributed by atoms with Gasteiger partial charge >= 0.3 is 5.97 Å². The predicted octanol–water partition coefficient (Wildman–Crippen LogP) is 1.33. The number of hydrogen-bond donors (Lipinski definition) is 1. The molecule has 1 fully saturated rings. The lowest BCUT2D eigenvalue weighted by Gasteiger charge is -2.46. The number of hydrogen-bond acceptors (Lipinski definition) is 3. The number of rotatable bonds is 4. The first kappa shape index (κ1) is 10.5. The van der Waals surface area contributed by atoms with E-state index in [-0.39, 0.29) is 11.5 Å². The second kappa shape index (κ2) is 4.09. The molecule has 3 heteroatoms. The van der Waals surface area contributed by atoms with Crippen LogP contribution in [0.25, 0.3) is 0 Å². The Bertz CT molecular complexity index is 180. The average molecular weight is 185 g/mol. The number of nitrogens with one attached hydrogen (secondary N) is 1. The van der Waals surface area contributed by atoms with Gasteiger partial charge in [-0.3, -0.25) is 4.79 Å². The third-order valence-corrected chi connectivity index (χ3v) is 2.74. The van der Waals surface area contributed by atoms with Gasteiger partial charge in [-0.2, -0.15) is 0 Å². The third kappa shape index (κ3) is 2.44. The fraction of sp³-hybridized carbons (Fsp3) is 0.900. The fourth-order valence-corrected chi connectivity index (χ4v) is 2.35. The van der Waals surface area contributed by atoms with Crippen molar-refractivity contribution < 1.29 is 9.53 Å². The van der Waals surface area contributed by atoms with Crippen molar-refractivity contribution in [3.63, 3.8) is 0 Å². The van der Waals surface area contributed by atoms with Gasteiger partial charge in [-0.15, -0.1) is 0 Å². The van der Waals surface area contributed by atoms with Crippen LogP contribution >= 0.6 is 0 Å². The summed E-state index contributed by atoms with van der Waals surface area (Å²) < 4.78 is 4.68. The summed E-state index contributed by atoms with van der Waals surface area (Å²) in [6.45, 7) is 5.21. The van der Waals surface area contributed by atoms with E-state index in [4.69, 9.17) is 0 Å². The average Bonchev–Trinajstić information content (AvgIpc) is 2.02. The molecule has 0 unspecified atom stereocenters. The number of esters is 1. The molecule has 1 N–H and O–H groups in total. The van der Waals surface area contributed by atoms with Gasteiger partial charge < -0.3 is 10.1 Å². The zero-order valence-electron chi connectivity index (χ0n) is 8.72. The molecule has 0 aromatic heterocycles. The maximum atomic E-state index is 11.1. The van der Waals surface area contributed by atoms with E-state index in [0.717, 1.165) is 25.3 Å². The fourth-order valence-electron chi connectivity index (χ4n) is 2.35. The van der Waals surface area contributed by atoms with E-state index >= 15 is 0 Å². The van der Waals surface area contributed by atoms with E-state index in [2.05, 4.69) is 23.9 Å². The molecule has 1 aliphatic carbocycles. The third-order valence-electron chi connectivity index (χ3n) is 2.74. The van der Waals surface area contributed by atoms with Gasteiger partial charge in [-0.25, -0.2) is 0 Å². The summed E-state index contributed by atoms with van der Waals surface area (Å²) in [4.78, 5) is 11.1. The summed E-state index contributed by atoms with van der Waals surface area (Å²) in [5.41, 5.74) is 0.0429. The zero-order valence-corrected chi connectivity index (χ0v) is 8.72. The van der Waals surface area contributed by atoms with Crippen molar-refractivity contribution in [2.75, 3.05) is 13.7 Å². The van der Waals surface area contributed by atoms with Gasteiger partial charge in [0.25, 0.3) is 0 Å². The summed E-state index contributed by atoms with van der Waals surface area (Å²) in [7, 11) is 1.45. The van der Waals surface area contributed by atoms with Crippen LogP contribution in [0.3, 0.4) is 0 Å². The quantitative estimate of drug-likeness (QED) is 0.671. The van der Waals surface area contributed by atoms with Crippen molar-refractivity contribution in [1.82, 2.24) is 5.32 Å². The number of ether oxygens (including phenoxy) is 1. The second-order valence-electron chi connectivity index (χ2n) is 4.08. The van der Waals surface area contributed by atoms with E-state index in [1.54, 1.807) is 0 Å². The minimum Gasteiger partial charge on any atom is -0.469 e. The Morgan fingerprint density at radius 2 is 2.23 bits per heavy atom. The SMILES string of the molecule is CCNC1(CC(=O)OC)CC(C)C1. The van der Waals surface area contributed by atoms with Gasteiger partial charge in [0.2, 0.25) is 0 Å². The van der Waals surface area contributed by atoms with Crippen LogP contribution in [0.4, 0.5) is 0 Å². The normalized spacial score (nSPS) is 32.4. The van der Waals surface area contributed by atoms with Crippen molar-refractivity contribution in [3.8, 4) is 0 Å². The molecule has 0 bridgehead atoms. The lowest BCUT2D eigenvalue weighted by molar-refractivity contribution is -0.144. The van der Waals surface area contributed by atoms with Crippen molar-refractivity contribution in [1.29, 1.82) is 0 Å². The van der Waals surface area contributed by atoms with Crippen LogP contribution in [0.1, 0.15) is 33.1 Å². The summed E-state index contributed by atoms with van der Waals surface area (Å²) >= 11 is 0. The molecule has 0 heterocycles. The van der Waals surface area contributed by atoms with E-state index in [0.29, 0.717) is 6.42 Å². The molecule has 0 saturated heterocycles. The first-order chi connectivity index (χ1) is 6.12. The minimum atomic E-state index is -0.104. The van der Waals surface area contributed by atoms with Crippen molar-refractivity contribution in [2.45, 2.75) is 38.6 Å². The van der Waals surface area contributed by atoms with Crippen molar-refractivity contribution in [2.24, 2.45) is 5.92 Å². The maximum Gasteiger partial charge on any atom is 0.307 e. The largest absolute Gasteiger partial charge is 0.469 e. The van der Waals surface area contributed by atoms with Crippen LogP contribution in [-0.4, -0.2) is 25.2 Å². The highest BCUT2D eigenvalue weighted by molar-refractivity contribution is 5.71. The molecule has 76 valence electrons. The molecule has 0 atom stereocenters. The zero-order chi connectivity index (χ0) is 9.90. The Morgan fingerprint density at radius 3 is 2.62 bits per heavy atom. The van der Waals surface area contributed by atoms with Gasteiger partial charge in [0.05, 0.1) is 13.5 Å². The number of methoxy groups -OCH3 is 1. The molecular formula is C10H19NO2. The van der Waals surface area contributed by atoms with Crippen LogP contribution < -0.4 is 5.32 Å². The molecule has 0 radical (unpaired) electrons. The van der Waals surface area contributed by atoms with Crippen LogP contribution in [0.5, 0.6) is 0 Å². The van der Waals surface area contributed by atoms with Gasteiger partial charge in [0, 0.05) is 5.54 Å². The minimum absolute atomic E-state index is 0.0429. The molecule has 1 aliphatic rings. The van der Waals surface area contributed by atoms with Crippen LogP contribution in [-0.2, 0) is 9.53 Å². The predicted molar refractivity (Wildman–Crippen MR) is 51.4 cm³/mol.